The summed E-state index contributed by atoms with van der Waals surface area (Å²) in [5.41, 5.74) is 1.23. The predicted molar refractivity (Wildman–Crippen MR) is 54.8 cm³/mol. The van der Waals surface area contributed by atoms with Crippen LogP contribution in [-0.2, 0) is 0 Å². The molecule has 1 aliphatic heterocycles. The predicted octanol–water partition coefficient (Wildman–Crippen LogP) is 1.90. The summed E-state index contributed by atoms with van der Waals surface area (Å²) in [7, 11) is 0. The Balaban J connectivity index is 0.000000175. The second-order valence-corrected chi connectivity index (χ2v) is 3.42. The molecule has 2 N–H and O–H groups in total. The number of aromatic nitrogens is 2. The van der Waals surface area contributed by atoms with E-state index in [1.54, 1.807) is 6.20 Å². The number of aromatic amines is 1. The number of rotatable bonds is 2. The molecule has 0 aliphatic carbocycles. The minimum absolute atomic E-state index is 0.618. The molecule has 0 radical (unpaired) electrons. The van der Waals surface area contributed by atoms with E-state index in [1.807, 2.05) is 6.07 Å². The van der Waals surface area contributed by atoms with Gasteiger partial charge in [0.05, 0.1) is 0 Å². The molecule has 74 valence electrons. The highest BCUT2D eigenvalue weighted by atomic mass is 15.1. The maximum Gasteiger partial charge on any atom is 0.0490 e. The third-order valence-corrected chi connectivity index (χ3v) is 2.37. The van der Waals surface area contributed by atoms with Crippen molar-refractivity contribution in [1.82, 2.24) is 15.5 Å². The minimum atomic E-state index is 0.618. The van der Waals surface area contributed by atoms with Gasteiger partial charge in [-0.05, 0) is 37.9 Å². The highest BCUT2D eigenvalue weighted by molar-refractivity contribution is 5.03. The van der Waals surface area contributed by atoms with Gasteiger partial charge in [-0.15, -0.1) is 0 Å². The van der Waals surface area contributed by atoms with E-state index in [0.717, 1.165) is 0 Å². The summed E-state index contributed by atoms with van der Waals surface area (Å²) in [6.07, 6.45) is 4.35. The smallest absolute Gasteiger partial charge is 0.0490 e. The summed E-state index contributed by atoms with van der Waals surface area (Å²) in [5, 5.41) is 9.92. The summed E-state index contributed by atoms with van der Waals surface area (Å²) >= 11 is 0. The first-order valence-corrected chi connectivity index (χ1v) is 5.04. The van der Waals surface area contributed by atoms with Gasteiger partial charge in [0.1, 0.15) is 0 Å². The van der Waals surface area contributed by atoms with Crippen molar-refractivity contribution in [2.45, 2.75) is 32.6 Å². The zero-order chi connectivity index (χ0) is 9.52. The second kappa shape index (κ2) is 5.75. The molecular weight excluding hydrogens is 162 g/mol. The lowest BCUT2D eigenvalue weighted by molar-refractivity contribution is 0.527. The average molecular weight is 181 g/mol. The van der Waals surface area contributed by atoms with E-state index in [0.29, 0.717) is 5.92 Å². The zero-order valence-electron chi connectivity index (χ0n) is 8.51. The Morgan fingerprint density at radius 2 is 2.15 bits per heavy atom. The summed E-state index contributed by atoms with van der Waals surface area (Å²) in [5.74, 6) is 0.618. The Hall–Kier alpha value is -0.830. The zero-order valence-corrected chi connectivity index (χ0v) is 8.51. The van der Waals surface area contributed by atoms with Gasteiger partial charge in [0.25, 0.3) is 0 Å². The molecule has 1 atom stereocenters. The van der Waals surface area contributed by atoms with E-state index >= 15 is 0 Å². The van der Waals surface area contributed by atoms with Gasteiger partial charge in [-0.1, -0.05) is 13.8 Å². The van der Waals surface area contributed by atoms with Gasteiger partial charge >= 0.3 is 0 Å². The molecule has 2 rings (SSSR count). The summed E-state index contributed by atoms with van der Waals surface area (Å²) in [6.45, 7) is 6.86. The van der Waals surface area contributed by atoms with Gasteiger partial charge in [0, 0.05) is 11.9 Å². The van der Waals surface area contributed by atoms with Crippen molar-refractivity contribution < 1.29 is 0 Å². The molecule has 3 heteroatoms. The lowest BCUT2D eigenvalue weighted by Gasteiger charge is -2.09. The topological polar surface area (TPSA) is 40.7 Å². The number of hydrogen-bond donors (Lipinski definition) is 2. The van der Waals surface area contributed by atoms with E-state index in [9.17, 15) is 0 Å². The maximum absolute atomic E-state index is 3.87. The molecule has 1 aromatic rings. The van der Waals surface area contributed by atoms with E-state index < -0.39 is 0 Å². The molecule has 3 nitrogen and oxygen atoms in total. The van der Waals surface area contributed by atoms with Crippen molar-refractivity contribution in [1.29, 1.82) is 0 Å². The molecule has 0 spiro atoms. The number of nitrogens with one attached hydrogen (secondary N) is 2. The maximum atomic E-state index is 3.87. The normalized spacial score (nSPS) is 16.8. The van der Waals surface area contributed by atoms with Crippen LogP contribution in [0.3, 0.4) is 0 Å². The fraction of sp³-hybridized carbons (Fsp3) is 0.700. The van der Waals surface area contributed by atoms with Crippen molar-refractivity contribution >= 4 is 0 Å². The highest BCUT2D eigenvalue weighted by Gasteiger charge is 2.01. The van der Waals surface area contributed by atoms with Crippen LogP contribution in [0.15, 0.2) is 12.3 Å². The minimum Gasteiger partial charge on any atom is -0.317 e. The Morgan fingerprint density at radius 3 is 2.46 bits per heavy atom. The Bertz CT molecular complexity index is 198. The van der Waals surface area contributed by atoms with Crippen LogP contribution in [0, 0.1) is 0 Å². The Morgan fingerprint density at radius 1 is 1.54 bits per heavy atom. The Labute approximate surface area is 79.9 Å². The average Bonchev–Trinajstić information content (AvgIpc) is 2.51. The van der Waals surface area contributed by atoms with Crippen LogP contribution in [-0.4, -0.2) is 23.3 Å². The number of nitrogens with zero attached hydrogens (tertiary/aromatic N) is 1. The largest absolute Gasteiger partial charge is 0.317 e. The van der Waals surface area contributed by atoms with Crippen LogP contribution in [0.25, 0.3) is 0 Å². The molecule has 1 saturated heterocycles. The van der Waals surface area contributed by atoms with Crippen molar-refractivity contribution in [3.63, 3.8) is 0 Å². The molecular formula is C10H19N3. The van der Waals surface area contributed by atoms with Crippen LogP contribution in [0.2, 0.25) is 0 Å². The van der Waals surface area contributed by atoms with Crippen LogP contribution in [0.5, 0.6) is 0 Å². The summed E-state index contributed by atoms with van der Waals surface area (Å²) in [6, 6.07) is 2.02. The second-order valence-electron chi connectivity index (χ2n) is 3.42. The van der Waals surface area contributed by atoms with Crippen LogP contribution in [0.4, 0.5) is 0 Å². The fourth-order valence-electron chi connectivity index (χ4n) is 0.938. The van der Waals surface area contributed by atoms with Crippen molar-refractivity contribution in [2.75, 3.05) is 13.1 Å². The molecule has 0 saturated carbocycles. The van der Waals surface area contributed by atoms with Crippen molar-refractivity contribution in [2.24, 2.45) is 0 Å². The molecule has 0 amide bonds. The summed E-state index contributed by atoms with van der Waals surface area (Å²) < 4.78 is 0. The third kappa shape index (κ3) is 3.59. The first kappa shape index (κ1) is 10.3. The van der Waals surface area contributed by atoms with Gasteiger partial charge in [0.15, 0.2) is 0 Å². The molecule has 0 bridgehead atoms. The van der Waals surface area contributed by atoms with Gasteiger partial charge in [-0.25, -0.2) is 0 Å². The number of hydrogen-bond acceptors (Lipinski definition) is 2. The molecule has 1 aromatic heterocycles. The molecule has 1 aliphatic rings. The third-order valence-electron chi connectivity index (χ3n) is 2.37. The standard InChI is InChI=1S/C7H12N2.C3H7N/c1-3-6(2)7-4-5-8-9-7;1-2-4-3-1/h4-6H,3H2,1-2H3,(H,8,9);4H,1-3H2. The lowest BCUT2D eigenvalue weighted by Crippen LogP contribution is -2.29. The molecule has 1 fully saturated rings. The van der Waals surface area contributed by atoms with E-state index in [1.165, 1.54) is 31.6 Å². The molecule has 13 heavy (non-hydrogen) atoms. The number of H-pyrrole nitrogens is 1. The van der Waals surface area contributed by atoms with Crippen LogP contribution in [0.1, 0.15) is 38.3 Å². The van der Waals surface area contributed by atoms with Gasteiger partial charge in [-0.3, -0.25) is 5.10 Å². The van der Waals surface area contributed by atoms with Gasteiger partial charge in [-0.2, -0.15) is 5.10 Å². The quantitative estimate of drug-likeness (QED) is 0.731. The van der Waals surface area contributed by atoms with Crippen LogP contribution < -0.4 is 5.32 Å². The van der Waals surface area contributed by atoms with E-state index in [2.05, 4.69) is 29.4 Å². The van der Waals surface area contributed by atoms with Crippen LogP contribution >= 0.6 is 0 Å². The van der Waals surface area contributed by atoms with Gasteiger partial charge in [0.2, 0.25) is 0 Å². The lowest BCUT2D eigenvalue weighted by atomic mass is 10.1. The Kier molecular flexibility index (Phi) is 4.54. The van der Waals surface area contributed by atoms with Gasteiger partial charge < -0.3 is 5.32 Å². The summed E-state index contributed by atoms with van der Waals surface area (Å²) in [4.78, 5) is 0. The van der Waals surface area contributed by atoms with Crippen molar-refractivity contribution in [3.05, 3.63) is 18.0 Å². The SMILES string of the molecule is C1CNC1.CCC(C)c1ccn[nH]1. The molecule has 1 unspecified atom stereocenters. The van der Waals surface area contributed by atoms with E-state index in [4.69, 9.17) is 0 Å². The van der Waals surface area contributed by atoms with Crippen molar-refractivity contribution in [3.8, 4) is 0 Å². The molecule has 2 heterocycles. The first-order chi connectivity index (χ1) is 6.34. The first-order valence-electron chi connectivity index (χ1n) is 5.04. The highest BCUT2D eigenvalue weighted by Crippen LogP contribution is 2.13. The monoisotopic (exact) mass is 181 g/mol. The van der Waals surface area contributed by atoms with E-state index in [-0.39, 0.29) is 0 Å². The fourth-order valence-corrected chi connectivity index (χ4v) is 0.938. The molecule has 0 aromatic carbocycles.